The Morgan fingerprint density at radius 2 is 1.89 bits per heavy atom. The minimum atomic E-state index is -0.190. The quantitative estimate of drug-likeness (QED) is 0.899. The maximum Gasteiger partial charge on any atom is 0.243 e. The van der Waals surface area contributed by atoms with Crippen molar-refractivity contribution in [1.82, 2.24) is 10.1 Å². The Bertz CT molecular complexity index is 502. The lowest BCUT2D eigenvalue weighted by Crippen LogP contribution is -2.17. The van der Waals surface area contributed by atoms with Crippen LogP contribution in [-0.2, 0) is 6.42 Å². The first kappa shape index (κ1) is 12.8. The molecule has 0 spiro atoms. The van der Waals surface area contributed by atoms with Gasteiger partial charge in [0.2, 0.25) is 5.89 Å². The zero-order chi connectivity index (χ0) is 13.1. The van der Waals surface area contributed by atoms with Crippen molar-refractivity contribution in [3.63, 3.8) is 0 Å². The third-order valence-corrected chi connectivity index (χ3v) is 2.97. The molecular formula is C14H19N3O. The SMILES string of the molecule is Cc1ccc(Cc2noc([C@@H](N)C(C)C)n2)cc1. The standard InChI is InChI=1S/C14H19N3O/c1-9(2)13(15)14-16-12(17-18-14)8-11-6-4-10(3)5-7-11/h4-7,9,13H,8,15H2,1-3H3/t13-/m0/s1. The summed E-state index contributed by atoms with van der Waals surface area (Å²) in [5.41, 5.74) is 8.39. The minimum absolute atomic E-state index is 0.190. The molecule has 1 heterocycles. The molecular weight excluding hydrogens is 226 g/mol. The van der Waals surface area contributed by atoms with Crippen LogP contribution in [0.1, 0.15) is 42.7 Å². The van der Waals surface area contributed by atoms with Crippen molar-refractivity contribution in [1.29, 1.82) is 0 Å². The number of benzene rings is 1. The molecule has 0 unspecified atom stereocenters. The Kier molecular flexibility index (Phi) is 3.77. The Hall–Kier alpha value is -1.68. The van der Waals surface area contributed by atoms with Gasteiger partial charge in [-0.25, -0.2) is 0 Å². The summed E-state index contributed by atoms with van der Waals surface area (Å²) in [6, 6.07) is 8.12. The van der Waals surface area contributed by atoms with E-state index in [1.807, 2.05) is 13.8 Å². The van der Waals surface area contributed by atoms with Crippen LogP contribution in [-0.4, -0.2) is 10.1 Å². The van der Waals surface area contributed by atoms with E-state index >= 15 is 0 Å². The number of hydrogen-bond acceptors (Lipinski definition) is 4. The second-order valence-electron chi connectivity index (χ2n) is 4.98. The molecule has 0 aliphatic rings. The van der Waals surface area contributed by atoms with Gasteiger partial charge in [0.1, 0.15) is 0 Å². The van der Waals surface area contributed by atoms with Crippen molar-refractivity contribution >= 4 is 0 Å². The normalized spacial score (nSPS) is 12.9. The number of aromatic nitrogens is 2. The maximum atomic E-state index is 5.97. The van der Waals surface area contributed by atoms with E-state index in [-0.39, 0.29) is 12.0 Å². The summed E-state index contributed by atoms with van der Waals surface area (Å²) in [6.07, 6.45) is 0.675. The van der Waals surface area contributed by atoms with Gasteiger partial charge >= 0.3 is 0 Å². The lowest BCUT2D eigenvalue weighted by molar-refractivity contribution is 0.322. The molecule has 4 heteroatoms. The smallest absolute Gasteiger partial charge is 0.243 e. The van der Waals surface area contributed by atoms with Gasteiger partial charge in [-0.3, -0.25) is 0 Å². The first-order valence-corrected chi connectivity index (χ1v) is 6.20. The molecule has 96 valence electrons. The molecule has 0 aliphatic carbocycles. The van der Waals surface area contributed by atoms with Crippen LogP contribution in [0.4, 0.5) is 0 Å². The van der Waals surface area contributed by atoms with Crippen LogP contribution in [0.25, 0.3) is 0 Å². The molecule has 0 fully saturated rings. The summed E-state index contributed by atoms with van der Waals surface area (Å²) in [4.78, 5) is 4.35. The fourth-order valence-corrected chi connectivity index (χ4v) is 1.65. The number of hydrogen-bond donors (Lipinski definition) is 1. The van der Waals surface area contributed by atoms with Crippen LogP contribution in [0.15, 0.2) is 28.8 Å². The highest BCUT2D eigenvalue weighted by Crippen LogP contribution is 2.17. The molecule has 4 nitrogen and oxygen atoms in total. The fourth-order valence-electron chi connectivity index (χ4n) is 1.65. The molecule has 1 aromatic heterocycles. The van der Waals surface area contributed by atoms with Gasteiger partial charge in [-0.2, -0.15) is 4.98 Å². The molecule has 0 saturated heterocycles. The van der Waals surface area contributed by atoms with Gasteiger partial charge in [0, 0.05) is 6.42 Å². The summed E-state index contributed by atoms with van der Waals surface area (Å²) in [5, 5.41) is 3.97. The Balaban J connectivity index is 2.09. The van der Waals surface area contributed by atoms with E-state index in [1.165, 1.54) is 11.1 Å². The third-order valence-electron chi connectivity index (χ3n) is 2.97. The van der Waals surface area contributed by atoms with Gasteiger partial charge in [-0.05, 0) is 18.4 Å². The van der Waals surface area contributed by atoms with Crippen molar-refractivity contribution < 1.29 is 4.52 Å². The lowest BCUT2D eigenvalue weighted by atomic mass is 10.1. The average molecular weight is 245 g/mol. The Labute approximate surface area is 107 Å². The first-order valence-electron chi connectivity index (χ1n) is 6.20. The molecule has 18 heavy (non-hydrogen) atoms. The second kappa shape index (κ2) is 5.31. The molecule has 0 radical (unpaired) electrons. The van der Waals surface area contributed by atoms with E-state index in [4.69, 9.17) is 10.3 Å². The summed E-state index contributed by atoms with van der Waals surface area (Å²) >= 11 is 0. The molecule has 1 aromatic carbocycles. The zero-order valence-electron chi connectivity index (χ0n) is 11.1. The van der Waals surface area contributed by atoms with Crippen molar-refractivity contribution in [3.8, 4) is 0 Å². The molecule has 2 aromatic rings. The molecule has 0 saturated carbocycles. The summed E-state index contributed by atoms with van der Waals surface area (Å²) in [5.74, 6) is 1.50. The topological polar surface area (TPSA) is 64.9 Å². The van der Waals surface area contributed by atoms with Crippen molar-refractivity contribution in [2.75, 3.05) is 0 Å². The minimum Gasteiger partial charge on any atom is -0.338 e. The lowest BCUT2D eigenvalue weighted by Gasteiger charge is -2.09. The number of nitrogens with two attached hydrogens (primary N) is 1. The molecule has 0 bridgehead atoms. The van der Waals surface area contributed by atoms with E-state index in [0.717, 1.165) is 0 Å². The summed E-state index contributed by atoms with van der Waals surface area (Å²) < 4.78 is 5.20. The van der Waals surface area contributed by atoms with Crippen LogP contribution < -0.4 is 5.73 Å². The number of nitrogens with zero attached hydrogens (tertiary/aromatic N) is 2. The van der Waals surface area contributed by atoms with Gasteiger partial charge in [0.25, 0.3) is 0 Å². The average Bonchev–Trinajstić information content (AvgIpc) is 2.79. The van der Waals surface area contributed by atoms with Crippen LogP contribution in [0, 0.1) is 12.8 Å². The highest BCUT2D eigenvalue weighted by molar-refractivity contribution is 5.23. The molecule has 0 aliphatic heterocycles. The predicted molar refractivity (Wildman–Crippen MR) is 70.0 cm³/mol. The van der Waals surface area contributed by atoms with E-state index in [0.29, 0.717) is 18.1 Å². The van der Waals surface area contributed by atoms with Crippen LogP contribution in [0.5, 0.6) is 0 Å². The van der Waals surface area contributed by atoms with Gasteiger partial charge < -0.3 is 10.3 Å². The second-order valence-corrected chi connectivity index (χ2v) is 4.98. The Morgan fingerprint density at radius 3 is 2.50 bits per heavy atom. The highest BCUT2D eigenvalue weighted by Gasteiger charge is 2.17. The first-order chi connectivity index (χ1) is 8.56. The van der Waals surface area contributed by atoms with Crippen LogP contribution in [0.3, 0.4) is 0 Å². The number of aryl methyl sites for hydroxylation is 1. The highest BCUT2D eigenvalue weighted by atomic mass is 16.5. The van der Waals surface area contributed by atoms with E-state index < -0.39 is 0 Å². The van der Waals surface area contributed by atoms with Gasteiger partial charge in [-0.15, -0.1) is 0 Å². The van der Waals surface area contributed by atoms with Crippen LogP contribution >= 0.6 is 0 Å². The van der Waals surface area contributed by atoms with Crippen molar-refractivity contribution in [2.24, 2.45) is 11.7 Å². The number of rotatable bonds is 4. The fraction of sp³-hybridized carbons (Fsp3) is 0.429. The van der Waals surface area contributed by atoms with Crippen LogP contribution in [0.2, 0.25) is 0 Å². The Morgan fingerprint density at radius 1 is 1.22 bits per heavy atom. The molecule has 1 atom stereocenters. The molecule has 0 amide bonds. The zero-order valence-corrected chi connectivity index (χ0v) is 11.1. The van der Waals surface area contributed by atoms with Gasteiger partial charge in [0.05, 0.1) is 6.04 Å². The maximum absolute atomic E-state index is 5.97. The van der Waals surface area contributed by atoms with Gasteiger partial charge in [-0.1, -0.05) is 48.8 Å². The summed E-state index contributed by atoms with van der Waals surface area (Å²) in [6.45, 7) is 6.14. The van der Waals surface area contributed by atoms with E-state index in [9.17, 15) is 0 Å². The molecule has 2 rings (SSSR count). The van der Waals surface area contributed by atoms with Gasteiger partial charge in [0.15, 0.2) is 5.82 Å². The third kappa shape index (κ3) is 2.96. The van der Waals surface area contributed by atoms with E-state index in [1.54, 1.807) is 0 Å². The predicted octanol–water partition coefficient (Wildman–Crippen LogP) is 2.62. The molecule has 2 N–H and O–H groups in total. The van der Waals surface area contributed by atoms with Crippen molar-refractivity contribution in [2.45, 2.75) is 33.2 Å². The monoisotopic (exact) mass is 245 g/mol. The largest absolute Gasteiger partial charge is 0.338 e. The summed E-state index contributed by atoms with van der Waals surface area (Å²) in [7, 11) is 0. The van der Waals surface area contributed by atoms with E-state index in [2.05, 4.69) is 41.3 Å². The van der Waals surface area contributed by atoms with Crippen molar-refractivity contribution in [3.05, 3.63) is 47.1 Å².